The molecule has 2 saturated carbocycles. The minimum Gasteiger partial charge on any atom is -0.506 e. The molecule has 1 aromatic heterocycles. The van der Waals surface area contributed by atoms with Crippen LogP contribution in [0.1, 0.15) is 31.4 Å². The van der Waals surface area contributed by atoms with Crippen molar-refractivity contribution < 1.29 is 5.11 Å². The van der Waals surface area contributed by atoms with Crippen molar-refractivity contribution in [1.82, 2.24) is 10.3 Å². The topological polar surface area (TPSA) is 45.1 Å². The second kappa shape index (κ2) is 4.65. The number of nitrogens with zero attached hydrogens (tertiary/aromatic N) is 1. The van der Waals surface area contributed by atoms with Crippen LogP contribution in [0.15, 0.2) is 18.3 Å². The Morgan fingerprint density at radius 2 is 2.24 bits per heavy atom. The van der Waals surface area contributed by atoms with Crippen LogP contribution in [0.3, 0.4) is 0 Å². The Morgan fingerprint density at radius 1 is 1.29 bits per heavy atom. The molecule has 3 heteroatoms. The average Bonchev–Trinajstić information content (AvgIpc) is 2.94. The summed E-state index contributed by atoms with van der Waals surface area (Å²) in [6.07, 6.45) is 7.34. The molecule has 0 radical (unpaired) electrons. The first-order valence-corrected chi connectivity index (χ1v) is 6.66. The van der Waals surface area contributed by atoms with Crippen LogP contribution >= 0.6 is 0 Å². The summed E-state index contributed by atoms with van der Waals surface area (Å²) in [6, 6.07) is 3.57. The molecular formula is C14H20N2O. The summed E-state index contributed by atoms with van der Waals surface area (Å²) in [5.41, 5.74) is 1.01. The van der Waals surface area contributed by atoms with Gasteiger partial charge in [0.1, 0.15) is 5.75 Å². The number of aromatic nitrogens is 1. The molecule has 0 saturated heterocycles. The Labute approximate surface area is 102 Å². The van der Waals surface area contributed by atoms with E-state index in [9.17, 15) is 0 Å². The Morgan fingerprint density at radius 3 is 2.88 bits per heavy atom. The van der Waals surface area contributed by atoms with Gasteiger partial charge in [-0.05, 0) is 55.7 Å². The molecule has 0 amide bonds. The van der Waals surface area contributed by atoms with Gasteiger partial charge in [0.25, 0.3) is 0 Å². The van der Waals surface area contributed by atoms with Crippen molar-refractivity contribution in [3.05, 3.63) is 24.0 Å². The van der Waals surface area contributed by atoms with Crippen molar-refractivity contribution >= 4 is 0 Å². The highest BCUT2D eigenvalue weighted by Gasteiger charge is 2.38. The van der Waals surface area contributed by atoms with Gasteiger partial charge >= 0.3 is 0 Å². The van der Waals surface area contributed by atoms with Crippen LogP contribution in [0.25, 0.3) is 0 Å². The van der Waals surface area contributed by atoms with E-state index in [0.29, 0.717) is 0 Å². The predicted molar refractivity (Wildman–Crippen MR) is 66.5 cm³/mol. The summed E-state index contributed by atoms with van der Waals surface area (Å²) in [6.45, 7) is 1.94. The molecular weight excluding hydrogens is 212 g/mol. The van der Waals surface area contributed by atoms with Crippen LogP contribution in [0, 0.1) is 17.8 Å². The standard InChI is InChI=1S/C14H20N2O/c17-14-4-3-13(16-9-14)8-15-7-12-6-10-1-2-11(12)5-10/h3-4,9-12,15,17H,1-2,5-8H2. The van der Waals surface area contributed by atoms with E-state index in [1.807, 2.05) is 6.07 Å². The normalized spacial score (nSPS) is 30.9. The fourth-order valence-corrected chi connectivity index (χ4v) is 3.53. The van der Waals surface area contributed by atoms with Gasteiger partial charge in [0.15, 0.2) is 0 Å². The first kappa shape index (κ1) is 11.0. The zero-order valence-electron chi connectivity index (χ0n) is 10.1. The van der Waals surface area contributed by atoms with Gasteiger partial charge < -0.3 is 10.4 Å². The van der Waals surface area contributed by atoms with Gasteiger partial charge in [-0.2, -0.15) is 0 Å². The van der Waals surface area contributed by atoms with Gasteiger partial charge in [-0.1, -0.05) is 6.42 Å². The SMILES string of the molecule is Oc1ccc(CNCC2CC3CCC2C3)nc1. The monoisotopic (exact) mass is 232 g/mol. The van der Waals surface area contributed by atoms with E-state index < -0.39 is 0 Å². The Kier molecular flexibility index (Phi) is 3.02. The van der Waals surface area contributed by atoms with Crippen LogP contribution in [0.4, 0.5) is 0 Å². The maximum absolute atomic E-state index is 9.14. The van der Waals surface area contributed by atoms with Crippen LogP contribution in [0.2, 0.25) is 0 Å². The molecule has 3 unspecified atom stereocenters. The maximum atomic E-state index is 9.14. The fourth-order valence-electron chi connectivity index (χ4n) is 3.53. The second-order valence-electron chi connectivity index (χ2n) is 5.57. The first-order valence-electron chi connectivity index (χ1n) is 6.66. The van der Waals surface area contributed by atoms with Crippen LogP contribution < -0.4 is 5.32 Å². The molecule has 2 bridgehead atoms. The summed E-state index contributed by atoms with van der Waals surface area (Å²) < 4.78 is 0. The lowest BCUT2D eigenvalue weighted by Gasteiger charge is -2.21. The summed E-state index contributed by atoms with van der Waals surface area (Å²) in [5, 5.41) is 12.6. The van der Waals surface area contributed by atoms with Crippen LogP contribution in [-0.2, 0) is 6.54 Å². The predicted octanol–water partition coefficient (Wildman–Crippen LogP) is 2.31. The second-order valence-corrected chi connectivity index (χ2v) is 5.57. The molecule has 3 rings (SSSR count). The smallest absolute Gasteiger partial charge is 0.133 e. The molecule has 3 nitrogen and oxygen atoms in total. The highest BCUT2D eigenvalue weighted by molar-refractivity contribution is 5.17. The Hall–Kier alpha value is -1.09. The molecule has 1 aromatic rings. The molecule has 1 heterocycles. The largest absolute Gasteiger partial charge is 0.506 e. The molecule has 2 aliphatic rings. The fraction of sp³-hybridized carbons (Fsp3) is 0.643. The first-order chi connectivity index (χ1) is 8.31. The zero-order valence-corrected chi connectivity index (χ0v) is 10.1. The summed E-state index contributed by atoms with van der Waals surface area (Å²) >= 11 is 0. The van der Waals surface area contributed by atoms with Crippen LogP contribution in [0.5, 0.6) is 5.75 Å². The lowest BCUT2D eigenvalue weighted by molar-refractivity contribution is 0.318. The molecule has 92 valence electrons. The van der Waals surface area contributed by atoms with Crippen molar-refractivity contribution in [2.24, 2.45) is 17.8 Å². The van der Waals surface area contributed by atoms with Crippen molar-refractivity contribution in [1.29, 1.82) is 0 Å². The van der Waals surface area contributed by atoms with E-state index >= 15 is 0 Å². The summed E-state index contributed by atoms with van der Waals surface area (Å²) in [4.78, 5) is 4.18. The molecule has 0 spiro atoms. The van der Waals surface area contributed by atoms with E-state index in [1.165, 1.54) is 31.9 Å². The summed E-state index contributed by atoms with van der Waals surface area (Å²) in [5.74, 6) is 3.14. The summed E-state index contributed by atoms with van der Waals surface area (Å²) in [7, 11) is 0. The molecule has 0 aliphatic heterocycles. The van der Waals surface area contributed by atoms with E-state index in [1.54, 1.807) is 6.07 Å². The highest BCUT2D eigenvalue weighted by Crippen LogP contribution is 2.47. The lowest BCUT2D eigenvalue weighted by atomic mass is 9.89. The zero-order chi connectivity index (χ0) is 11.7. The van der Waals surface area contributed by atoms with Crippen LogP contribution in [-0.4, -0.2) is 16.6 Å². The molecule has 3 atom stereocenters. The third kappa shape index (κ3) is 2.44. The highest BCUT2D eigenvalue weighted by atomic mass is 16.3. The maximum Gasteiger partial charge on any atom is 0.133 e. The van der Waals surface area contributed by atoms with E-state index in [0.717, 1.165) is 36.5 Å². The minimum atomic E-state index is 0.238. The number of pyridine rings is 1. The quantitative estimate of drug-likeness (QED) is 0.837. The van der Waals surface area contributed by atoms with Gasteiger partial charge in [0.05, 0.1) is 11.9 Å². The number of nitrogens with one attached hydrogen (secondary N) is 1. The van der Waals surface area contributed by atoms with Crippen molar-refractivity contribution in [2.45, 2.75) is 32.2 Å². The number of hydrogen-bond acceptors (Lipinski definition) is 3. The number of fused-ring (bicyclic) bond motifs is 2. The third-order valence-corrected chi connectivity index (χ3v) is 4.41. The third-order valence-electron chi connectivity index (χ3n) is 4.41. The van der Waals surface area contributed by atoms with Gasteiger partial charge in [0.2, 0.25) is 0 Å². The van der Waals surface area contributed by atoms with E-state index in [4.69, 9.17) is 5.11 Å². The molecule has 17 heavy (non-hydrogen) atoms. The number of aromatic hydroxyl groups is 1. The van der Waals surface area contributed by atoms with Crippen molar-refractivity contribution in [3.8, 4) is 5.75 Å². The Bertz CT molecular complexity index is 376. The van der Waals surface area contributed by atoms with E-state index in [-0.39, 0.29) is 5.75 Å². The molecule has 2 aliphatic carbocycles. The van der Waals surface area contributed by atoms with Gasteiger partial charge in [-0.3, -0.25) is 4.98 Å². The van der Waals surface area contributed by atoms with E-state index in [2.05, 4.69) is 10.3 Å². The Balaban J connectivity index is 1.45. The van der Waals surface area contributed by atoms with Gasteiger partial charge in [-0.25, -0.2) is 0 Å². The lowest BCUT2D eigenvalue weighted by Crippen LogP contribution is -2.26. The van der Waals surface area contributed by atoms with Gasteiger partial charge in [-0.15, -0.1) is 0 Å². The number of hydrogen-bond donors (Lipinski definition) is 2. The van der Waals surface area contributed by atoms with Gasteiger partial charge in [0, 0.05) is 6.54 Å². The number of rotatable bonds is 4. The minimum absolute atomic E-state index is 0.238. The molecule has 0 aromatic carbocycles. The molecule has 2 fully saturated rings. The molecule has 2 N–H and O–H groups in total. The average molecular weight is 232 g/mol. The van der Waals surface area contributed by atoms with Crippen molar-refractivity contribution in [3.63, 3.8) is 0 Å². The van der Waals surface area contributed by atoms with Crippen molar-refractivity contribution in [2.75, 3.05) is 6.54 Å².